The maximum Gasteiger partial charge on any atom is 0.179 e. The second kappa shape index (κ2) is 17.6. The minimum atomic E-state index is -2.89. The molecule has 320 valence electrons. The molecule has 0 radical (unpaired) electrons. The quantitative estimate of drug-likeness (QED) is 0.102. The maximum absolute atomic E-state index is 5.32. The van der Waals surface area contributed by atoms with Gasteiger partial charge in [0.2, 0.25) is 0 Å². The predicted molar refractivity (Wildman–Crippen MR) is 285 cm³/mol. The molecular weight excluding hydrogens is 841 g/mol. The van der Waals surface area contributed by atoms with Gasteiger partial charge in [0.05, 0.1) is 11.0 Å². The van der Waals surface area contributed by atoms with Crippen LogP contribution in [0.2, 0.25) is 0 Å². The number of benzene rings is 10. The summed E-state index contributed by atoms with van der Waals surface area (Å²) in [4.78, 5) is 15.7. The van der Waals surface area contributed by atoms with E-state index in [-0.39, 0.29) is 0 Å². The largest absolute Gasteiger partial charge is 0.309 e. The van der Waals surface area contributed by atoms with E-state index in [4.69, 9.17) is 15.0 Å². The Hall–Kier alpha value is -8.77. The van der Waals surface area contributed by atoms with Gasteiger partial charge >= 0.3 is 0 Å². The molecule has 0 N–H and O–H groups in total. The molecule has 0 bridgehead atoms. The molecule has 0 amide bonds. The van der Waals surface area contributed by atoms with Crippen LogP contribution in [-0.2, 0) is 0 Å². The van der Waals surface area contributed by atoms with Crippen molar-refractivity contribution in [2.45, 2.75) is 0 Å². The van der Waals surface area contributed by atoms with Crippen molar-refractivity contribution in [1.82, 2.24) is 19.5 Å². The van der Waals surface area contributed by atoms with Crippen LogP contribution in [0, 0.1) is 0 Å². The highest BCUT2D eigenvalue weighted by atomic mass is 28.3. The molecule has 5 heteroatoms. The third-order valence-corrected chi connectivity index (χ3v) is 18.0. The van der Waals surface area contributed by atoms with Crippen LogP contribution in [-0.4, -0.2) is 27.6 Å². The van der Waals surface area contributed by atoms with Gasteiger partial charge in [0.1, 0.15) is 0 Å². The van der Waals surface area contributed by atoms with Crippen LogP contribution in [0.15, 0.2) is 267 Å². The Morgan fingerprint density at radius 2 is 0.721 bits per heavy atom. The first kappa shape index (κ1) is 40.7. The number of hydrogen-bond acceptors (Lipinski definition) is 3. The molecule has 4 nitrogen and oxygen atoms in total. The van der Waals surface area contributed by atoms with E-state index in [2.05, 4.69) is 235 Å². The fourth-order valence-corrected chi connectivity index (χ4v) is 14.9. The lowest BCUT2D eigenvalue weighted by Crippen LogP contribution is -2.74. The van der Waals surface area contributed by atoms with Crippen molar-refractivity contribution < 1.29 is 0 Å². The van der Waals surface area contributed by atoms with Gasteiger partial charge in [-0.05, 0) is 73.3 Å². The number of aromatic nitrogens is 4. The Balaban J connectivity index is 1.15. The summed E-state index contributed by atoms with van der Waals surface area (Å²) in [6.07, 6.45) is 0. The Bertz CT molecular complexity index is 3560. The van der Waals surface area contributed by atoms with Gasteiger partial charge in [-0.1, -0.05) is 237 Å². The third kappa shape index (κ3) is 7.23. The van der Waals surface area contributed by atoms with Crippen LogP contribution in [0.25, 0.3) is 83.9 Å². The van der Waals surface area contributed by atoms with Gasteiger partial charge in [-0.2, -0.15) is 0 Å². The fraction of sp³-hybridized carbons (Fsp3) is 0. The van der Waals surface area contributed by atoms with E-state index >= 15 is 0 Å². The topological polar surface area (TPSA) is 43.6 Å². The van der Waals surface area contributed by atoms with E-state index in [0.717, 1.165) is 44.5 Å². The van der Waals surface area contributed by atoms with Gasteiger partial charge in [0.25, 0.3) is 0 Å². The molecule has 0 aliphatic rings. The van der Waals surface area contributed by atoms with Crippen LogP contribution in [0.4, 0.5) is 0 Å². The monoisotopic (exact) mass is 884 g/mol. The summed E-state index contributed by atoms with van der Waals surface area (Å²) in [7, 11) is -2.89. The number of hydrogen-bond donors (Lipinski definition) is 0. The van der Waals surface area contributed by atoms with Crippen LogP contribution < -0.4 is 20.7 Å². The summed E-state index contributed by atoms with van der Waals surface area (Å²) in [5, 5.41) is 7.65. The first-order valence-electron chi connectivity index (χ1n) is 23.1. The molecule has 10 aromatic carbocycles. The number of fused-ring (bicyclic) bond motifs is 3. The molecule has 0 spiro atoms. The molecule has 12 rings (SSSR count). The SMILES string of the molecule is c1ccc(-c2ccc3c4ccccc4n(-c4ccc(-c5nc(-c6ccccc6)nc(-c6ccccc6)n5)c(-c5cccc([Si](c6ccccc6)(c6ccccc6)c6ccccc6)c5)c4)c3c2)cc1. The molecule has 2 heterocycles. The van der Waals surface area contributed by atoms with Crippen LogP contribution in [0.1, 0.15) is 0 Å². The molecule has 0 fully saturated rings. The van der Waals surface area contributed by atoms with Crippen molar-refractivity contribution in [3.8, 4) is 62.1 Å². The molecule has 0 saturated carbocycles. The van der Waals surface area contributed by atoms with Crippen LogP contribution in [0.3, 0.4) is 0 Å². The van der Waals surface area contributed by atoms with Gasteiger partial charge in [0, 0.05) is 33.2 Å². The normalized spacial score (nSPS) is 11.5. The predicted octanol–water partition coefficient (Wildman–Crippen LogP) is 12.7. The first-order valence-corrected chi connectivity index (χ1v) is 25.1. The molecular formula is C63H44N4Si. The summed E-state index contributed by atoms with van der Waals surface area (Å²) in [6.45, 7) is 0. The first-order chi connectivity index (χ1) is 33.7. The van der Waals surface area contributed by atoms with Gasteiger partial charge in [-0.15, -0.1) is 0 Å². The Morgan fingerprint density at radius 1 is 0.265 bits per heavy atom. The van der Waals surface area contributed by atoms with E-state index < -0.39 is 8.07 Å². The molecule has 0 aliphatic carbocycles. The smallest absolute Gasteiger partial charge is 0.179 e. The number of para-hydroxylation sites is 1. The van der Waals surface area contributed by atoms with E-state index in [1.165, 1.54) is 42.6 Å². The average Bonchev–Trinajstić information content (AvgIpc) is 3.76. The highest BCUT2D eigenvalue weighted by molar-refractivity contribution is 7.19. The second-order valence-corrected chi connectivity index (χ2v) is 21.0. The Labute approximate surface area is 397 Å². The highest BCUT2D eigenvalue weighted by Crippen LogP contribution is 2.39. The molecule has 0 aliphatic heterocycles. The van der Waals surface area contributed by atoms with Gasteiger partial charge in [-0.3, -0.25) is 0 Å². The van der Waals surface area contributed by atoms with E-state index in [0.29, 0.717) is 17.5 Å². The molecule has 68 heavy (non-hydrogen) atoms. The summed E-state index contributed by atoms with van der Waals surface area (Å²) in [5.41, 5.74) is 10.5. The molecule has 0 unspecified atom stereocenters. The summed E-state index contributed by atoms with van der Waals surface area (Å²) < 4.78 is 2.42. The molecule has 12 aromatic rings. The van der Waals surface area contributed by atoms with Gasteiger partial charge < -0.3 is 4.57 Å². The van der Waals surface area contributed by atoms with Crippen molar-refractivity contribution in [3.05, 3.63) is 267 Å². The zero-order valence-electron chi connectivity index (χ0n) is 37.2. The summed E-state index contributed by atoms with van der Waals surface area (Å²) in [6, 6.07) is 96.1. The minimum Gasteiger partial charge on any atom is -0.309 e. The molecule has 0 atom stereocenters. The minimum absolute atomic E-state index is 0.607. The highest BCUT2D eigenvalue weighted by Gasteiger charge is 2.41. The third-order valence-electron chi connectivity index (χ3n) is 13.2. The van der Waals surface area contributed by atoms with E-state index in [9.17, 15) is 0 Å². The number of rotatable bonds is 10. The lowest BCUT2D eigenvalue weighted by atomic mass is 9.98. The van der Waals surface area contributed by atoms with E-state index in [1.54, 1.807) is 0 Å². The van der Waals surface area contributed by atoms with Crippen molar-refractivity contribution in [2.24, 2.45) is 0 Å². The number of nitrogens with zero attached hydrogens (tertiary/aromatic N) is 4. The van der Waals surface area contributed by atoms with Crippen LogP contribution >= 0.6 is 0 Å². The van der Waals surface area contributed by atoms with Crippen molar-refractivity contribution in [1.29, 1.82) is 0 Å². The fourth-order valence-electron chi connectivity index (χ4n) is 10.1. The zero-order valence-corrected chi connectivity index (χ0v) is 38.2. The van der Waals surface area contributed by atoms with Gasteiger partial charge in [-0.25, -0.2) is 15.0 Å². The van der Waals surface area contributed by atoms with Crippen molar-refractivity contribution in [2.75, 3.05) is 0 Å². The Morgan fingerprint density at radius 3 is 1.29 bits per heavy atom. The molecule has 2 aromatic heterocycles. The maximum atomic E-state index is 5.32. The average molecular weight is 885 g/mol. The lowest BCUT2D eigenvalue weighted by molar-refractivity contribution is 1.07. The van der Waals surface area contributed by atoms with Gasteiger partial charge in [0.15, 0.2) is 25.5 Å². The second-order valence-electron chi connectivity index (χ2n) is 17.1. The van der Waals surface area contributed by atoms with E-state index in [1.807, 2.05) is 36.4 Å². The Kier molecular flexibility index (Phi) is 10.5. The zero-order chi connectivity index (χ0) is 45.3. The molecule has 0 saturated heterocycles. The van der Waals surface area contributed by atoms with Crippen molar-refractivity contribution in [3.63, 3.8) is 0 Å². The summed E-state index contributed by atoms with van der Waals surface area (Å²) >= 11 is 0. The van der Waals surface area contributed by atoms with Crippen molar-refractivity contribution >= 4 is 50.6 Å². The standard InChI is InChI=1S/C63H44N4Si/c1-7-22-45(23-8-1)48-38-40-56-55-36-19-20-37-59(55)67(60(56)43-48)50-39-41-57(63-65-61(46-24-9-2-10-25-46)64-62(66-63)47-26-11-3-12-27-47)58(44-50)49-28-21-35-54(42-49)68(51-29-13-4-14-30-51,52-31-15-5-16-32-52)53-33-17-6-18-34-53/h1-44H. The summed E-state index contributed by atoms with van der Waals surface area (Å²) in [5.74, 6) is 1.85. The lowest BCUT2D eigenvalue weighted by Gasteiger charge is -2.34. The van der Waals surface area contributed by atoms with Crippen LogP contribution in [0.5, 0.6) is 0 Å².